The summed E-state index contributed by atoms with van der Waals surface area (Å²) in [6.07, 6.45) is 0. The molecule has 0 amide bonds. The van der Waals surface area contributed by atoms with Gasteiger partial charge in [-0.1, -0.05) is 6.07 Å². The molecule has 0 aliphatic rings. The second-order valence-corrected chi connectivity index (χ2v) is 4.34. The maximum Gasteiger partial charge on any atom is 0.120 e. The topological polar surface area (TPSA) is 56.5 Å². The highest BCUT2D eigenvalue weighted by molar-refractivity contribution is 5.36. The Hall–Kier alpha value is -1.57. The van der Waals surface area contributed by atoms with E-state index >= 15 is 0 Å². The van der Waals surface area contributed by atoms with E-state index in [2.05, 4.69) is 24.8 Å². The van der Waals surface area contributed by atoms with Gasteiger partial charge in [0.05, 0.1) is 18.2 Å². The summed E-state index contributed by atoms with van der Waals surface area (Å²) >= 11 is 0. The van der Waals surface area contributed by atoms with Gasteiger partial charge in [-0.05, 0) is 32.0 Å². The van der Waals surface area contributed by atoms with Gasteiger partial charge in [-0.25, -0.2) is 0 Å². The zero-order chi connectivity index (χ0) is 13.4. The Morgan fingerprint density at radius 3 is 2.78 bits per heavy atom. The van der Waals surface area contributed by atoms with Crippen LogP contribution in [0.25, 0.3) is 0 Å². The lowest BCUT2D eigenvalue weighted by Crippen LogP contribution is -2.36. The Labute approximate surface area is 108 Å². The fourth-order valence-corrected chi connectivity index (χ4v) is 1.69. The molecule has 18 heavy (non-hydrogen) atoms. The SMILES string of the molecule is CC(C)N(CCO)CCOc1cccc(C#N)c1. The standard InChI is InChI=1S/C14H20N2O2/c1-12(2)16(6-8-17)7-9-18-14-5-3-4-13(10-14)11-15/h3-5,10,12,17H,6-9H2,1-2H3. The number of benzene rings is 1. The number of ether oxygens (including phenoxy) is 1. The molecule has 0 bridgehead atoms. The monoisotopic (exact) mass is 248 g/mol. The van der Waals surface area contributed by atoms with E-state index in [9.17, 15) is 0 Å². The van der Waals surface area contributed by atoms with Crippen LogP contribution in [-0.4, -0.2) is 42.4 Å². The van der Waals surface area contributed by atoms with Crippen molar-refractivity contribution < 1.29 is 9.84 Å². The van der Waals surface area contributed by atoms with E-state index in [0.717, 1.165) is 6.54 Å². The van der Waals surface area contributed by atoms with Gasteiger partial charge in [-0.2, -0.15) is 5.26 Å². The van der Waals surface area contributed by atoms with E-state index in [1.165, 1.54) is 0 Å². The third kappa shape index (κ3) is 4.74. The predicted octanol–water partition coefficient (Wildman–Crippen LogP) is 1.64. The van der Waals surface area contributed by atoms with Crippen LogP contribution in [-0.2, 0) is 0 Å². The van der Waals surface area contributed by atoms with Gasteiger partial charge >= 0.3 is 0 Å². The van der Waals surface area contributed by atoms with Gasteiger partial charge in [0.1, 0.15) is 12.4 Å². The van der Waals surface area contributed by atoms with Gasteiger partial charge in [0.15, 0.2) is 0 Å². The number of nitrogens with zero attached hydrogens (tertiary/aromatic N) is 2. The van der Waals surface area contributed by atoms with Crippen LogP contribution in [0.3, 0.4) is 0 Å². The van der Waals surface area contributed by atoms with Crippen LogP contribution in [0.2, 0.25) is 0 Å². The Balaban J connectivity index is 2.42. The molecule has 4 nitrogen and oxygen atoms in total. The van der Waals surface area contributed by atoms with Crippen molar-refractivity contribution in [1.82, 2.24) is 4.90 Å². The molecular weight excluding hydrogens is 228 g/mol. The summed E-state index contributed by atoms with van der Waals surface area (Å²) in [5, 5.41) is 17.7. The van der Waals surface area contributed by atoms with Crippen molar-refractivity contribution in [2.45, 2.75) is 19.9 Å². The number of hydrogen-bond donors (Lipinski definition) is 1. The van der Waals surface area contributed by atoms with Gasteiger partial charge in [0.25, 0.3) is 0 Å². The van der Waals surface area contributed by atoms with Crippen molar-refractivity contribution in [2.75, 3.05) is 26.3 Å². The fourth-order valence-electron chi connectivity index (χ4n) is 1.69. The van der Waals surface area contributed by atoms with E-state index in [0.29, 0.717) is 30.5 Å². The molecule has 4 heteroatoms. The van der Waals surface area contributed by atoms with Crippen molar-refractivity contribution in [2.24, 2.45) is 0 Å². The van der Waals surface area contributed by atoms with Crippen molar-refractivity contribution in [3.63, 3.8) is 0 Å². The lowest BCUT2D eigenvalue weighted by atomic mass is 10.2. The molecule has 0 saturated heterocycles. The van der Waals surface area contributed by atoms with Crippen LogP contribution in [0.15, 0.2) is 24.3 Å². The first-order valence-electron chi connectivity index (χ1n) is 6.15. The van der Waals surface area contributed by atoms with Crippen LogP contribution < -0.4 is 4.74 Å². The second kappa shape index (κ2) is 7.70. The summed E-state index contributed by atoms with van der Waals surface area (Å²) < 4.78 is 5.60. The van der Waals surface area contributed by atoms with Crippen molar-refractivity contribution in [3.05, 3.63) is 29.8 Å². The zero-order valence-corrected chi connectivity index (χ0v) is 11.0. The van der Waals surface area contributed by atoms with Gasteiger partial charge in [0, 0.05) is 19.1 Å². The molecule has 1 aromatic rings. The number of nitriles is 1. The number of rotatable bonds is 7. The maximum atomic E-state index is 8.95. The Kier molecular flexibility index (Phi) is 6.20. The predicted molar refractivity (Wildman–Crippen MR) is 70.4 cm³/mol. The van der Waals surface area contributed by atoms with Gasteiger partial charge < -0.3 is 9.84 Å². The highest BCUT2D eigenvalue weighted by Crippen LogP contribution is 2.12. The molecule has 0 radical (unpaired) electrons. The maximum absolute atomic E-state index is 8.95. The summed E-state index contributed by atoms with van der Waals surface area (Å²) in [5.74, 6) is 0.710. The Morgan fingerprint density at radius 1 is 1.39 bits per heavy atom. The average molecular weight is 248 g/mol. The molecule has 0 aromatic heterocycles. The Bertz CT molecular complexity index is 399. The Morgan fingerprint density at radius 2 is 2.17 bits per heavy atom. The smallest absolute Gasteiger partial charge is 0.120 e. The molecule has 0 saturated carbocycles. The first kappa shape index (κ1) is 14.5. The van der Waals surface area contributed by atoms with Crippen LogP contribution in [0, 0.1) is 11.3 Å². The molecule has 0 aliphatic heterocycles. The average Bonchev–Trinajstić information content (AvgIpc) is 2.38. The number of aliphatic hydroxyl groups excluding tert-OH is 1. The number of hydrogen-bond acceptors (Lipinski definition) is 4. The van der Waals surface area contributed by atoms with Gasteiger partial charge in [-0.3, -0.25) is 4.90 Å². The summed E-state index contributed by atoms with van der Waals surface area (Å²) in [5.41, 5.74) is 0.601. The minimum absolute atomic E-state index is 0.155. The van der Waals surface area contributed by atoms with E-state index in [1.54, 1.807) is 12.1 Å². The van der Waals surface area contributed by atoms with Crippen LogP contribution >= 0.6 is 0 Å². The highest BCUT2D eigenvalue weighted by atomic mass is 16.5. The summed E-state index contributed by atoms with van der Waals surface area (Å²) in [6, 6.07) is 9.59. The molecule has 0 fully saturated rings. The van der Waals surface area contributed by atoms with E-state index in [1.807, 2.05) is 12.1 Å². The quantitative estimate of drug-likeness (QED) is 0.797. The third-order valence-corrected chi connectivity index (χ3v) is 2.73. The fraction of sp³-hybridized carbons (Fsp3) is 0.500. The molecule has 1 N–H and O–H groups in total. The molecule has 1 aromatic carbocycles. The molecular formula is C14H20N2O2. The largest absolute Gasteiger partial charge is 0.492 e. The normalized spacial score (nSPS) is 10.7. The number of aliphatic hydroxyl groups is 1. The van der Waals surface area contributed by atoms with Crippen molar-refractivity contribution in [3.8, 4) is 11.8 Å². The lowest BCUT2D eigenvalue weighted by molar-refractivity contribution is 0.141. The molecule has 98 valence electrons. The summed E-state index contributed by atoms with van der Waals surface area (Å²) in [6.45, 7) is 6.29. The van der Waals surface area contributed by atoms with E-state index < -0.39 is 0 Å². The molecule has 1 rings (SSSR count). The van der Waals surface area contributed by atoms with E-state index in [4.69, 9.17) is 15.1 Å². The van der Waals surface area contributed by atoms with Crippen LogP contribution in [0.1, 0.15) is 19.4 Å². The van der Waals surface area contributed by atoms with Crippen LogP contribution in [0.5, 0.6) is 5.75 Å². The first-order valence-corrected chi connectivity index (χ1v) is 6.15. The first-order chi connectivity index (χ1) is 8.67. The third-order valence-electron chi connectivity index (χ3n) is 2.73. The molecule has 0 spiro atoms. The molecule has 0 unspecified atom stereocenters. The highest BCUT2D eigenvalue weighted by Gasteiger charge is 2.08. The minimum Gasteiger partial charge on any atom is -0.492 e. The van der Waals surface area contributed by atoms with Gasteiger partial charge in [-0.15, -0.1) is 0 Å². The van der Waals surface area contributed by atoms with E-state index in [-0.39, 0.29) is 6.61 Å². The second-order valence-electron chi connectivity index (χ2n) is 4.34. The minimum atomic E-state index is 0.155. The van der Waals surface area contributed by atoms with Crippen molar-refractivity contribution >= 4 is 0 Å². The summed E-state index contributed by atoms with van der Waals surface area (Å²) in [4.78, 5) is 2.15. The van der Waals surface area contributed by atoms with Gasteiger partial charge in [0.2, 0.25) is 0 Å². The van der Waals surface area contributed by atoms with Crippen molar-refractivity contribution in [1.29, 1.82) is 5.26 Å². The molecule has 0 aliphatic carbocycles. The lowest BCUT2D eigenvalue weighted by Gasteiger charge is -2.25. The molecule has 0 heterocycles. The zero-order valence-electron chi connectivity index (χ0n) is 11.0. The van der Waals surface area contributed by atoms with Crippen LogP contribution in [0.4, 0.5) is 0 Å². The summed E-state index contributed by atoms with van der Waals surface area (Å²) in [7, 11) is 0. The molecule has 0 atom stereocenters.